The van der Waals surface area contributed by atoms with Gasteiger partial charge in [0.25, 0.3) is 0 Å². The maximum Gasteiger partial charge on any atom is 0.416 e. The van der Waals surface area contributed by atoms with Crippen molar-refractivity contribution < 1.29 is 34.1 Å². The van der Waals surface area contributed by atoms with Crippen molar-refractivity contribution in [3.05, 3.63) is 71.8 Å². The summed E-state index contributed by atoms with van der Waals surface area (Å²) in [5.74, 6) is -1.65. The van der Waals surface area contributed by atoms with Crippen molar-refractivity contribution in [1.29, 1.82) is 0 Å². The quantitative estimate of drug-likeness (QED) is 0.530. The number of carbonyl (C=O) groups excluding carboxylic acids is 2. The van der Waals surface area contributed by atoms with Crippen LogP contribution < -0.4 is 0 Å². The summed E-state index contributed by atoms with van der Waals surface area (Å²) in [5, 5.41) is 21.5. The predicted octanol–water partition coefficient (Wildman–Crippen LogP) is 3.55. The Balaban J connectivity index is 1.57. The molecule has 0 aromatic heterocycles. The smallest absolute Gasteiger partial charge is 0.416 e. The monoisotopic (exact) mass is 510 g/mol. The van der Waals surface area contributed by atoms with Crippen LogP contribution in [-0.4, -0.2) is 75.5 Å². The number of hydrogen-bond acceptors (Lipinski definition) is 6. The maximum atomic E-state index is 13.8. The number of nitrogens with zero attached hydrogens (tertiary/aromatic N) is 2. The zero-order valence-corrected chi connectivity index (χ0v) is 21.1. The molecule has 5 unspecified atom stereocenters. The van der Waals surface area contributed by atoms with E-state index in [-0.39, 0.29) is 31.9 Å². The topological polar surface area (TPSA) is 117 Å². The maximum absolute atomic E-state index is 13.8. The molecule has 2 aromatic carbocycles. The van der Waals surface area contributed by atoms with E-state index in [1.807, 2.05) is 74.5 Å². The number of aliphatic hydroxyl groups is 1. The van der Waals surface area contributed by atoms with Gasteiger partial charge in [-0.3, -0.25) is 4.79 Å². The molecule has 0 aliphatic carbocycles. The van der Waals surface area contributed by atoms with Gasteiger partial charge in [0.15, 0.2) is 0 Å². The normalized spacial score (nSPS) is 23.2. The van der Waals surface area contributed by atoms with Gasteiger partial charge in [0, 0.05) is 0 Å². The molecule has 0 radical (unpaired) electrons. The third kappa shape index (κ3) is 6.11. The van der Waals surface area contributed by atoms with E-state index in [2.05, 4.69) is 0 Å². The first-order valence-corrected chi connectivity index (χ1v) is 12.6. The molecule has 4 rings (SSSR count). The van der Waals surface area contributed by atoms with Gasteiger partial charge in [-0.2, -0.15) is 0 Å². The summed E-state index contributed by atoms with van der Waals surface area (Å²) >= 11 is 0. The van der Waals surface area contributed by atoms with Gasteiger partial charge < -0.3 is 24.6 Å². The second-order valence-electron chi connectivity index (χ2n) is 10.0. The first-order valence-electron chi connectivity index (χ1n) is 12.6. The first kappa shape index (κ1) is 26.6. The minimum Gasteiger partial charge on any atom is -0.465 e. The number of amides is 3. The predicted molar refractivity (Wildman–Crippen MR) is 135 cm³/mol. The summed E-state index contributed by atoms with van der Waals surface area (Å²) in [6.45, 7) is 4.28. The Kier molecular flexibility index (Phi) is 8.45. The Bertz CT molecular complexity index is 1080. The highest BCUT2D eigenvalue weighted by molar-refractivity contribution is 5.95. The Morgan fingerprint density at radius 1 is 1.03 bits per heavy atom. The molecule has 9 heteroatoms. The molecular formula is C28H34N2O7. The van der Waals surface area contributed by atoms with E-state index >= 15 is 0 Å². The lowest BCUT2D eigenvalue weighted by molar-refractivity contribution is -0.139. The van der Waals surface area contributed by atoms with Crippen LogP contribution >= 0.6 is 0 Å². The fourth-order valence-corrected chi connectivity index (χ4v) is 5.13. The summed E-state index contributed by atoms with van der Waals surface area (Å²) in [7, 11) is 0. The highest BCUT2D eigenvalue weighted by atomic mass is 16.6. The number of carbonyl (C=O) groups is 3. The molecule has 2 N–H and O–H groups in total. The molecule has 2 aromatic rings. The van der Waals surface area contributed by atoms with Gasteiger partial charge in [0.2, 0.25) is 5.91 Å². The average Bonchev–Trinajstić information content (AvgIpc) is 3.50. The zero-order chi connectivity index (χ0) is 26.5. The Morgan fingerprint density at radius 2 is 1.65 bits per heavy atom. The fourth-order valence-electron chi connectivity index (χ4n) is 5.13. The van der Waals surface area contributed by atoms with E-state index in [0.717, 1.165) is 20.9 Å². The average molecular weight is 511 g/mol. The summed E-state index contributed by atoms with van der Waals surface area (Å²) in [5.41, 5.74) is 1.75. The number of hydrogen-bond donors (Lipinski definition) is 2. The summed E-state index contributed by atoms with van der Waals surface area (Å²) < 4.78 is 11.2. The van der Waals surface area contributed by atoms with E-state index in [1.54, 1.807) is 0 Å². The molecule has 2 aliphatic heterocycles. The van der Waals surface area contributed by atoms with E-state index in [0.29, 0.717) is 6.61 Å². The van der Waals surface area contributed by atoms with Gasteiger partial charge in [-0.25, -0.2) is 14.5 Å². The van der Waals surface area contributed by atoms with Gasteiger partial charge in [-0.1, -0.05) is 74.5 Å². The van der Waals surface area contributed by atoms with Gasteiger partial charge in [-0.05, 0) is 29.9 Å². The second kappa shape index (κ2) is 11.7. The van der Waals surface area contributed by atoms with Crippen molar-refractivity contribution in [2.75, 3.05) is 13.2 Å². The Morgan fingerprint density at radius 3 is 2.24 bits per heavy atom. The van der Waals surface area contributed by atoms with Crippen molar-refractivity contribution in [3.63, 3.8) is 0 Å². The SMILES string of the molecule is CC(C)C1COC(=O)N1C(=O)C(Cc1ccccc1)C(O)C1CC(OCc2ccccc2)CN1C(=O)O. The fraction of sp³-hybridized carbons (Fsp3) is 0.464. The van der Waals surface area contributed by atoms with Crippen LogP contribution in [0.3, 0.4) is 0 Å². The van der Waals surface area contributed by atoms with Crippen LogP contribution in [0, 0.1) is 11.8 Å². The lowest BCUT2D eigenvalue weighted by Gasteiger charge is -2.34. The lowest BCUT2D eigenvalue weighted by Crippen LogP contribution is -2.53. The number of likely N-dealkylation sites (tertiary alicyclic amines) is 1. The van der Waals surface area contributed by atoms with Crippen LogP contribution in [0.1, 0.15) is 31.4 Å². The van der Waals surface area contributed by atoms with Gasteiger partial charge in [0.05, 0.1) is 43.4 Å². The highest BCUT2D eigenvalue weighted by Gasteiger charge is 2.48. The van der Waals surface area contributed by atoms with E-state index in [1.165, 1.54) is 0 Å². The molecule has 37 heavy (non-hydrogen) atoms. The van der Waals surface area contributed by atoms with Crippen LogP contribution in [-0.2, 0) is 27.3 Å². The molecule has 5 atom stereocenters. The summed E-state index contributed by atoms with van der Waals surface area (Å²) in [6, 6.07) is 17.4. The number of carboxylic acid groups (broad SMARTS) is 1. The van der Waals surface area contributed by atoms with Crippen molar-refractivity contribution in [2.24, 2.45) is 11.8 Å². The third-order valence-electron chi connectivity index (χ3n) is 7.21. The summed E-state index contributed by atoms with van der Waals surface area (Å²) in [6.07, 6.45) is -3.34. The molecule has 0 spiro atoms. The van der Waals surface area contributed by atoms with Gasteiger partial charge >= 0.3 is 12.2 Å². The van der Waals surface area contributed by atoms with Crippen LogP contribution in [0.25, 0.3) is 0 Å². The lowest BCUT2D eigenvalue weighted by atomic mass is 9.87. The van der Waals surface area contributed by atoms with Crippen LogP contribution in [0.4, 0.5) is 9.59 Å². The highest BCUT2D eigenvalue weighted by Crippen LogP contribution is 2.31. The standard InChI is InChI=1S/C28H34N2O7/c1-18(2)24-17-37-28(35)30(24)26(32)22(13-19-9-5-3-6-10-19)25(31)23-14-21(15-29(23)27(33)34)36-16-20-11-7-4-8-12-20/h3-12,18,21-25,31H,13-17H2,1-2H3,(H,33,34). The minimum atomic E-state index is -1.35. The molecule has 198 valence electrons. The number of rotatable bonds is 9. The number of imide groups is 1. The zero-order valence-electron chi connectivity index (χ0n) is 21.1. The number of benzene rings is 2. The Hall–Kier alpha value is -3.43. The molecule has 2 heterocycles. The van der Waals surface area contributed by atoms with E-state index in [9.17, 15) is 24.6 Å². The second-order valence-corrected chi connectivity index (χ2v) is 10.0. The van der Waals surface area contributed by atoms with Crippen molar-refractivity contribution >= 4 is 18.1 Å². The van der Waals surface area contributed by atoms with E-state index < -0.39 is 48.3 Å². The van der Waals surface area contributed by atoms with Gasteiger partial charge in [0.1, 0.15) is 6.61 Å². The third-order valence-corrected chi connectivity index (χ3v) is 7.21. The molecule has 0 saturated carbocycles. The molecular weight excluding hydrogens is 476 g/mol. The Labute approximate surface area is 216 Å². The first-order chi connectivity index (χ1) is 17.8. The van der Waals surface area contributed by atoms with E-state index in [4.69, 9.17) is 9.47 Å². The van der Waals surface area contributed by atoms with Crippen molar-refractivity contribution in [1.82, 2.24) is 9.80 Å². The molecule has 2 fully saturated rings. The number of ether oxygens (including phenoxy) is 2. The molecule has 2 aliphatic rings. The molecule has 0 bridgehead atoms. The van der Waals surface area contributed by atoms with Crippen molar-refractivity contribution in [2.45, 2.75) is 57.6 Å². The van der Waals surface area contributed by atoms with Crippen LogP contribution in [0.15, 0.2) is 60.7 Å². The minimum absolute atomic E-state index is 0.0392. The molecule has 2 saturated heterocycles. The number of aliphatic hydroxyl groups excluding tert-OH is 1. The van der Waals surface area contributed by atoms with Crippen LogP contribution in [0.5, 0.6) is 0 Å². The largest absolute Gasteiger partial charge is 0.465 e. The molecule has 3 amide bonds. The summed E-state index contributed by atoms with van der Waals surface area (Å²) in [4.78, 5) is 40.7. The van der Waals surface area contributed by atoms with Gasteiger partial charge in [-0.15, -0.1) is 0 Å². The molecule has 9 nitrogen and oxygen atoms in total. The van der Waals surface area contributed by atoms with Crippen LogP contribution in [0.2, 0.25) is 0 Å². The number of cyclic esters (lactones) is 1. The van der Waals surface area contributed by atoms with Crippen molar-refractivity contribution in [3.8, 4) is 0 Å².